The molecule has 2 N–H and O–H groups in total. The quantitative estimate of drug-likeness (QED) is 0.693. The largest absolute Gasteiger partial charge is 0.354 e. The van der Waals surface area contributed by atoms with Gasteiger partial charge in [0.15, 0.2) is 0 Å². The number of rotatable bonds is 3. The molecule has 1 aliphatic rings. The van der Waals surface area contributed by atoms with Gasteiger partial charge in [-0.2, -0.15) is 0 Å². The summed E-state index contributed by atoms with van der Waals surface area (Å²) in [5.74, 6) is 0. The maximum Gasteiger partial charge on any atom is 0.0237 e. The van der Waals surface area contributed by atoms with E-state index in [-0.39, 0.29) is 5.54 Å². The van der Waals surface area contributed by atoms with E-state index in [9.17, 15) is 0 Å². The number of hydrogen-bond acceptors (Lipinski definition) is 1. The highest BCUT2D eigenvalue weighted by molar-refractivity contribution is 4.99. The van der Waals surface area contributed by atoms with Crippen LogP contribution in [0.5, 0.6) is 0 Å². The predicted octanol–water partition coefficient (Wildman–Crippen LogP) is 1.37. The fourth-order valence-electron chi connectivity index (χ4n) is 1.28. The molecule has 0 aromatic carbocycles. The Morgan fingerprint density at radius 1 is 1.27 bits per heavy atom. The predicted molar refractivity (Wildman–Crippen MR) is 45.2 cm³/mol. The lowest BCUT2D eigenvalue weighted by molar-refractivity contribution is 0.534. The average Bonchev–Trinajstić information content (AvgIpc) is 2.53. The van der Waals surface area contributed by atoms with Crippen LogP contribution in [0.3, 0.4) is 0 Å². The van der Waals surface area contributed by atoms with Gasteiger partial charge < -0.3 is 10.3 Å². The standard InChI is InChI=1S/C9H14N2/c10-9(3-4-9)5-8-11-6-1-2-7-11/h1-2,6-7H,3-5,8,10H2. The average molecular weight is 150 g/mol. The van der Waals surface area contributed by atoms with Crippen molar-refractivity contribution in [1.29, 1.82) is 0 Å². The number of aromatic nitrogens is 1. The molecule has 0 bridgehead atoms. The molecule has 1 aromatic rings. The van der Waals surface area contributed by atoms with Gasteiger partial charge in [-0.15, -0.1) is 0 Å². The van der Waals surface area contributed by atoms with E-state index < -0.39 is 0 Å². The second-order valence-corrected chi connectivity index (χ2v) is 3.53. The normalized spacial score (nSPS) is 20.1. The molecule has 1 aliphatic carbocycles. The zero-order valence-electron chi connectivity index (χ0n) is 6.66. The zero-order valence-corrected chi connectivity index (χ0v) is 6.66. The molecule has 0 spiro atoms. The van der Waals surface area contributed by atoms with E-state index in [2.05, 4.69) is 29.1 Å². The van der Waals surface area contributed by atoms with Crippen molar-refractivity contribution in [3.8, 4) is 0 Å². The minimum atomic E-state index is 0.199. The maximum absolute atomic E-state index is 5.95. The number of nitrogens with two attached hydrogens (primary N) is 1. The van der Waals surface area contributed by atoms with Gasteiger partial charge in [-0.1, -0.05) is 0 Å². The summed E-state index contributed by atoms with van der Waals surface area (Å²) >= 11 is 0. The van der Waals surface area contributed by atoms with Crippen molar-refractivity contribution >= 4 is 0 Å². The molecule has 0 aliphatic heterocycles. The lowest BCUT2D eigenvalue weighted by atomic mass is 10.2. The van der Waals surface area contributed by atoms with Gasteiger partial charge in [0.25, 0.3) is 0 Å². The van der Waals surface area contributed by atoms with E-state index in [0.717, 1.165) is 13.0 Å². The van der Waals surface area contributed by atoms with E-state index in [0.29, 0.717) is 0 Å². The lowest BCUT2D eigenvalue weighted by Gasteiger charge is -2.08. The molecule has 2 nitrogen and oxygen atoms in total. The highest BCUT2D eigenvalue weighted by Gasteiger charge is 2.37. The highest BCUT2D eigenvalue weighted by atomic mass is 14.9. The molecule has 0 saturated heterocycles. The van der Waals surface area contributed by atoms with Crippen molar-refractivity contribution in [3.63, 3.8) is 0 Å². The van der Waals surface area contributed by atoms with Crippen LogP contribution in [0.15, 0.2) is 24.5 Å². The van der Waals surface area contributed by atoms with Crippen molar-refractivity contribution in [2.24, 2.45) is 5.73 Å². The third kappa shape index (κ3) is 1.63. The fourth-order valence-corrected chi connectivity index (χ4v) is 1.28. The molecule has 0 radical (unpaired) electrons. The van der Waals surface area contributed by atoms with Crippen molar-refractivity contribution in [2.75, 3.05) is 0 Å². The second-order valence-electron chi connectivity index (χ2n) is 3.53. The van der Waals surface area contributed by atoms with E-state index in [1.807, 2.05) is 0 Å². The Bertz CT molecular complexity index is 222. The lowest BCUT2D eigenvalue weighted by Crippen LogP contribution is -2.23. The summed E-state index contributed by atoms with van der Waals surface area (Å²) in [6.07, 6.45) is 7.74. The van der Waals surface area contributed by atoms with E-state index in [1.165, 1.54) is 12.8 Å². The molecule has 1 saturated carbocycles. The highest BCUT2D eigenvalue weighted by Crippen LogP contribution is 2.35. The zero-order chi connectivity index (χ0) is 7.73. The van der Waals surface area contributed by atoms with Crippen molar-refractivity contribution < 1.29 is 0 Å². The Hall–Kier alpha value is -0.760. The van der Waals surface area contributed by atoms with Gasteiger partial charge in [-0.25, -0.2) is 0 Å². The van der Waals surface area contributed by atoms with Crippen LogP contribution in [0.4, 0.5) is 0 Å². The van der Waals surface area contributed by atoms with Gasteiger partial charge in [0.2, 0.25) is 0 Å². The Balaban J connectivity index is 1.83. The first kappa shape index (κ1) is 6.92. The smallest absolute Gasteiger partial charge is 0.0237 e. The summed E-state index contributed by atoms with van der Waals surface area (Å²) in [6, 6.07) is 4.10. The van der Waals surface area contributed by atoms with E-state index in [1.54, 1.807) is 0 Å². The molecular weight excluding hydrogens is 136 g/mol. The van der Waals surface area contributed by atoms with Gasteiger partial charge >= 0.3 is 0 Å². The van der Waals surface area contributed by atoms with Crippen molar-refractivity contribution in [3.05, 3.63) is 24.5 Å². The number of nitrogens with zero attached hydrogens (tertiary/aromatic N) is 1. The first-order valence-corrected chi connectivity index (χ1v) is 4.18. The van der Waals surface area contributed by atoms with E-state index >= 15 is 0 Å². The maximum atomic E-state index is 5.95. The first-order valence-electron chi connectivity index (χ1n) is 4.18. The molecule has 1 fully saturated rings. The fraction of sp³-hybridized carbons (Fsp3) is 0.556. The molecule has 60 valence electrons. The summed E-state index contributed by atoms with van der Waals surface area (Å²) in [7, 11) is 0. The molecule has 0 unspecified atom stereocenters. The minimum absolute atomic E-state index is 0.199. The van der Waals surface area contributed by atoms with Gasteiger partial charge in [-0.05, 0) is 31.4 Å². The third-order valence-electron chi connectivity index (χ3n) is 2.43. The molecule has 11 heavy (non-hydrogen) atoms. The summed E-state index contributed by atoms with van der Waals surface area (Å²) in [4.78, 5) is 0. The molecule has 0 amide bonds. The Kier molecular flexibility index (Phi) is 1.50. The number of aryl methyl sites for hydroxylation is 1. The molecule has 2 rings (SSSR count). The Morgan fingerprint density at radius 2 is 1.91 bits per heavy atom. The minimum Gasteiger partial charge on any atom is -0.354 e. The van der Waals surface area contributed by atoms with Crippen LogP contribution in [0.1, 0.15) is 19.3 Å². The molecule has 1 aromatic heterocycles. The summed E-state index contributed by atoms with van der Waals surface area (Å²) in [5.41, 5.74) is 6.15. The van der Waals surface area contributed by atoms with Crippen molar-refractivity contribution in [1.82, 2.24) is 4.57 Å². The monoisotopic (exact) mass is 150 g/mol. The SMILES string of the molecule is NC1(CCn2cccc2)CC1. The Labute approximate surface area is 67.0 Å². The van der Waals surface area contributed by atoms with Crippen LogP contribution in [0.2, 0.25) is 0 Å². The van der Waals surface area contributed by atoms with E-state index in [4.69, 9.17) is 5.73 Å². The second kappa shape index (κ2) is 2.38. The van der Waals surface area contributed by atoms with Crippen LogP contribution in [-0.4, -0.2) is 10.1 Å². The Morgan fingerprint density at radius 3 is 2.45 bits per heavy atom. The molecule has 2 heteroatoms. The van der Waals surface area contributed by atoms with Gasteiger partial charge in [0.1, 0.15) is 0 Å². The number of hydrogen-bond donors (Lipinski definition) is 1. The van der Waals surface area contributed by atoms with Crippen LogP contribution in [0, 0.1) is 0 Å². The van der Waals surface area contributed by atoms with Crippen LogP contribution in [0.25, 0.3) is 0 Å². The summed E-state index contributed by atoms with van der Waals surface area (Å²) in [5, 5.41) is 0. The van der Waals surface area contributed by atoms with Gasteiger partial charge in [0, 0.05) is 24.5 Å². The van der Waals surface area contributed by atoms with Gasteiger partial charge in [0.05, 0.1) is 0 Å². The molecule has 0 atom stereocenters. The molecule has 1 heterocycles. The van der Waals surface area contributed by atoms with Crippen LogP contribution in [-0.2, 0) is 6.54 Å². The van der Waals surface area contributed by atoms with Gasteiger partial charge in [-0.3, -0.25) is 0 Å². The van der Waals surface area contributed by atoms with Crippen LogP contribution < -0.4 is 5.73 Å². The summed E-state index contributed by atoms with van der Waals surface area (Å²) in [6.45, 7) is 1.07. The first-order chi connectivity index (χ1) is 5.29. The molecular formula is C9H14N2. The third-order valence-corrected chi connectivity index (χ3v) is 2.43. The topological polar surface area (TPSA) is 30.9 Å². The van der Waals surface area contributed by atoms with Crippen LogP contribution >= 0.6 is 0 Å². The summed E-state index contributed by atoms with van der Waals surface area (Å²) < 4.78 is 2.19. The van der Waals surface area contributed by atoms with Crippen molar-refractivity contribution in [2.45, 2.75) is 31.3 Å².